The lowest BCUT2D eigenvalue weighted by Gasteiger charge is -2.34. The van der Waals surface area contributed by atoms with Crippen molar-refractivity contribution in [1.82, 2.24) is 10.3 Å². The van der Waals surface area contributed by atoms with Crippen molar-refractivity contribution in [3.63, 3.8) is 0 Å². The fraction of sp³-hybridized carbons (Fsp3) is 0.900. The third kappa shape index (κ3) is 4.44. The molecule has 1 rings (SSSR count). The van der Waals surface area contributed by atoms with Gasteiger partial charge in [-0.15, -0.1) is 0 Å². The number of unbranched alkanes of at least 4 members (excludes halogenated alkanes) is 1. The van der Waals surface area contributed by atoms with Crippen LogP contribution in [0.25, 0.3) is 0 Å². The van der Waals surface area contributed by atoms with E-state index in [0.29, 0.717) is 13.0 Å². The third-order valence-corrected chi connectivity index (χ3v) is 2.82. The molecule has 1 atom stereocenters. The molecule has 1 heterocycles. The summed E-state index contributed by atoms with van der Waals surface area (Å²) < 4.78 is 5.28. The Morgan fingerprint density at radius 1 is 1.56 bits per heavy atom. The lowest BCUT2D eigenvalue weighted by atomic mass is 10.2. The molecule has 0 saturated carbocycles. The SMILES string of the molecule is NNC(=O)CCCCN1CCOCC1CO. The van der Waals surface area contributed by atoms with Gasteiger partial charge in [-0.05, 0) is 19.4 Å². The van der Waals surface area contributed by atoms with E-state index in [1.165, 1.54) is 0 Å². The van der Waals surface area contributed by atoms with E-state index < -0.39 is 0 Å². The first-order chi connectivity index (χ1) is 7.77. The van der Waals surface area contributed by atoms with Gasteiger partial charge in [0.15, 0.2) is 0 Å². The Kier molecular flexibility index (Phi) is 6.32. The van der Waals surface area contributed by atoms with E-state index in [1.807, 2.05) is 0 Å². The normalized spacial score (nSPS) is 22.0. The van der Waals surface area contributed by atoms with Crippen LogP contribution >= 0.6 is 0 Å². The van der Waals surface area contributed by atoms with Gasteiger partial charge in [0, 0.05) is 13.0 Å². The molecule has 6 heteroatoms. The van der Waals surface area contributed by atoms with E-state index in [-0.39, 0.29) is 18.6 Å². The molecule has 16 heavy (non-hydrogen) atoms. The molecule has 0 radical (unpaired) electrons. The van der Waals surface area contributed by atoms with Crippen molar-refractivity contribution >= 4 is 5.91 Å². The van der Waals surface area contributed by atoms with Crippen LogP contribution in [-0.4, -0.2) is 54.9 Å². The number of morpholine rings is 1. The smallest absolute Gasteiger partial charge is 0.233 e. The highest BCUT2D eigenvalue weighted by atomic mass is 16.5. The minimum atomic E-state index is -0.124. The molecule has 1 aliphatic heterocycles. The Balaban J connectivity index is 2.13. The Hall–Kier alpha value is -0.690. The average molecular weight is 231 g/mol. The summed E-state index contributed by atoms with van der Waals surface area (Å²) in [5.74, 6) is 4.86. The molecule has 0 aliphatic carbocycles. The average Bonchev–Trinajstić information content (AvgIpc) is 2.34. The summed E-state index contributed by atoms with van der Waals surface area (Å²) in [6.07, 6.45) is 2.22. The summed E-state index contributed by atoms with van der Waals surface area (Å²) in [7, 11) is 0. The molecule has 0 aromatic heterocycles. The minimum absolute atomic E-state index is 0.108. The van der Waals surface area contributed by atoms with Gasteiger partial charge in [0.05, 0.1) is 25.9 Å². The van der Waals surface area contributed by atoms with E-state index >= 15 is 0 Å². The van der Waals surface area contributed by atoms with Gasteiger partial charge in [0.2, 0.25) is 5.91 Å². The highest BCUT2D eigenvalue weighted by Crippen LogP contribution is 2.08. The molecule has 0 spiro atoms. The summed E-state index contributed by atoms with van der Waals surface area (Å²) in [6.45, 7) is 3.20. The molecule has 0 aromatic carbocycles. The number of hydrogen-bond donors (Lipinski definition) is 3. The number of rotatable bonds is 6. The van der Waals surface area contributed by atoms with Crippen molar-refractivity contribution in [3.8, 4) is 0 Å². The standard InChI is InChI=1S/C10H21N3O3/c11-12-10(15)3-1-2-4-13-5-6-16-8-9(13)7-14/h9,14H,1-8,11H2,(H,12,15). The summed E-state index contributed by atoms with van der Waals surface area (Å²) in [5, 5.41) is 9.14. The first-order valence-corrected chi connectivity index (χ1v) is 5.70. The van der Waals surface area contributed by atoms with Crippen LogP contribution in [-0.2, 0) is 9.53 Å². The second kappa shape index (κ2) is 7.56. The van der Waals surface area contributed by atoms with Gasteiger partial charge in [-0.3, -0.25) is 15.1 Å². The zero-order valence-electron chi connectivity index (χ0n) is 9.52. The maximum Gasteiger partial charge on any atom is 0.233 e. The number of hydrazine groups is 1. The number of nitrogens with zero attached hydrogens (tertiary/aromatic N) is 1. The van der Waals surface area contributed by atoms with E-state index in [0.717, 1.165) is 32.5 Å². The molecule has 1 unspecified atom stereocenters. The Labute approximate surface area is 95.7 Å². The highest BCUT2D eigenvalue weighted by molar-refractivity contribution is 5.75. The lowest BCUT2D eigenvalue weighted by Crippen LogP contribution is -2.47. The molecule has 1 fully saturated rings. The van der Waals surface area contributed by atoms with Crippen molar-refractivity contribution in [2.75, 3.05) is 32.9 Å². The van der Waals surface area contributed by atoms with Crippen LogP contribution in [0.15, 0.2) is 0 Å². The maximum absolute atomic E-state index is 10.9. The number of nitrogens with two attached hydrogens (primary N) is 1. The molecule has 1 saturated heterocycles. The van der Waals surface area contributed by atoms with Gasteiger partial charge >= 0.3 is 0 Å². The van der Waals surface area contributed by atoms with Gasteiger partial charge in [-0.25, -0.2) is 5.84 Å². The van der Waals surface area contributed by atoms with Crippen molar-refractivity contribution in [3.05, 3.63) is 0 Å². The summed E-state index contributed by atoms with van der Waals surface area (Å²) in [4.78, 5) is 13.1. The largest absolute Gasteiger partial charge is 0.395 e. The predicted molar refractivity (Wildman–Crippen MR) is 59.4 cm³/mol. The van der Waals surface area contributed by atoms with Gasteiger partial charge in [-0.1, -0.05) is 0 Å². The fourth-order valence-electron chi connectivity index (χ4n) is 1.82. The van der Waals surface area contributed by atoms with Crippen LogP contribution in [0.2, 0.25) is 0 Å². The van der Waals surface area contributed by atoms with Gasteiger partial charge in [0.1, 0.15) is 0 Å². The molecule has 1 amide bonds. The predicted octanol–water partition coefficient (Wildman–Crippen LogP) is -1.16. The molecular formula is C10H21N3O3. The Morgan fingerprint density at radius 2 is 2.38 bits per heavy atom. The van der Waals surface area contributed by atoms with E-state index in [1.54, 1.807) is 0 Å². The van der Waals surface area contributed by atoms with Crippen LogP contribution in [0.5, 0.6) is 0 Å². The van der Waals surface area contributed by atoms with Gasteiger partial charge < -0.3 is 9.84 Å². The number of amides is 1. The highest BCUT2D eigenvalue weighted by Gasteiger charge is 2.21. The summed E-state index contributed by atoms with van der Waals surface area (Å²) in [5.41, 5.74) is 2.11. The van der Waals surface area contributed by atoms with Crippen molar-refractivity contribution in [2.45, 2.75) is 25.3 Å². The lowest BCUT2D eigenvalue weighted by molar-refractivity contribution is -0.121. The number of ether oxygens (including phenoxy) is 1. The molecule has 4 N–H and O–H groups in total. The monoisotopic (exact) mass is 231 g/mol. The van der Waals surface area contributed by atoms with Crippen LogP contribution in [0.4, 0.5) is 0 Å². The van der Waals surface area contributed by atoms with E-state index in [4.69, 9.17) is 15.7 Å². The third-order valence-electron chi connectivity index (χ3n) is 2.82. The second-order valence-corrected chi connectivity index (χ2v) is 3.97. The molecular weight excluding hydrogens is 210 g/mol. The number of aliphatic hydroxyl groups is 1. The van der Waals surface area contributed by atoms with E-state index in [9.17, 15) is 4.79 Å². The van der Waals surface area contributed by atoms with Crippen LogP contribution < -0.4 is 11.3 Å². The molecule has 1 aliphatic rings. The van der Waals surface area contributed by atoms with E-state index in [2.05, 4.69) is 10.3 Å². The summed E-state index contributed by atoms with van der Waals surface area (Å²) in [6, 6.07) is 0.108. The topological polar surface area (TPSA) is 87.8 Å². The Bertz CT molecular complexity index is 213. The summed E-state index contributed by atoms with van der Waals surface area (Å²) >= 11 is 0. The Morgan fingerprint density at radius 3 is 3.06 bits per heavy atom. The number of hydrogen-bond acceptors (Lipinski definition) is 5. The zero-order chi connectivity index (χ0) is 11.8. The van der Waals surface area contributed by atoms with Crippen molar-refractivity contribution < 1.29 is 14.6 Å². The minimum Gasteiger partial charge on any atom is -0.395 e. The molecule has 6 nitrogen and oxygen atoms in total. The molecule has 0 aromatic rings. The van der Waals surface area contributed by atoms with Gasteiger partial charge in [0.25, 0.3) is 0 Å². The number of carbonyl (C=O) groups excluding carboxylic acids is 1. The van der Waals surface area contributed by atoms with Gasteiger partial charge in [-0.2, -0.15) is 0 Å². The fourth-order valence-corrected chi connectivity index (χ4v) is 1.82. The molecule has 0 bridgehead atoms. The quantitative estimate of drug-likeness (QED) is 0.232. The maximum atomic E-state index is 10.9. The van der Waals surface area contributed by atoms with Crippen molar-refractivity contribution in [2.24, 2.45) is 5.84 Å². The molecule has 94 valence electrons. The van der Waals surface area contributed by atoms with Crippen LogP contribution in [0, 0.1) is 0 Å². The number of aliphatic hydroxyl groups excluding tert-OH is 1. The van der Waals surface area contributed by atoms with Crippen LogP contribution in [0.3, 0.4) is 0 Å². The van der Waals surface area contributed by atoms with Crippen molar-refractivity contribution in [1.29, 1.82) is 0 Å². The second-order valence-electron chi connectivity index (χ2n) is 3.97. The zero-order valence-corrected chi connectivity index (χ0v) is 9.52. The van der Waals surface area contributed by atoms with Crippen LogP contribution in [0.1, 0.15) is 19.3 Å². The number of nitrogens with one attached hydrogen (secondary N) is 1. The number of carbonyl (C=O) groups is 1. The first-order valence-electron chi connectivity index (χ1n) is 5.70. The first kappa shape index (κ1) is 13.4.